The summed E-state index contributed by atoms with van der Waals surface area (Å²) >= 11 is 0. The Labute approximate surface area is 173 Å². The van der Waals surface area contributed by atoms with Crippen LogP contribution in [0.25, 0.3) is 0 Å². The fourth-order valence-electron chi connectivity index (χ4n) is 3.27. The lowest BCUT2D eigenvalue weighted by molar-refractivity contribution is -0.121. The smallest absolute Gasteiger partial charge is 0.252 e. The minimum Gasteiger partial charge on any atom is -0.272 e. The molecule has 3 nitrogen and oxygen atoms in total. The van der Waals surface area contributed by atoms with Crippen LogP contribution in [0.2, 0.25) is 0 Å². The Morgan fingerprint density at radius 3 is 1.72 bits per heavy atom. The summed E-state index contributed by atoms with van der Waals surface area (Å²) < 4.78 is 0. The van der Waals surface area contributed by atoms with Gasteiger partial charge in [-0.3, -0.25) is 4.79 Å². The van der Waals surface area contributed by atoms with E-state index in [2.05, 4.69) is 55.6 Å². The number of hydrogen-bond acceptors (Lipinski definition) is 2. The Bertz CT molecular complexity index is 929. The zero-order valence-corrected chi connectivity index (χ0v) is 17.5. The number of hydrogen-bond donors (Lipinski definition) is 1. The zero-order chi connectivity index (χ0) is 20.9. The molecule has 1 N–H and O–H groups in total. The lowest BCUT2D eigenvalue weighted by Gasteiger charge is -2.19. The largest absolute Gasteiger partial charge is 0.272 e. The molecular formula is C26H28N2O. The number of rotatable bonds is 5. The first-order valence-electron chi connectivity index (χ1n) is 9.91. The second-order valence-corrected chi connectivity index (χ2v) is 8.25. The standard InChI is InChI=1S/C26H28N2O/c1-19(20-15-17-23(18-16-20)26(2,3)4)27-28-25(29)24(21-11-7-5-8-12-21)22-13-9-6-10-14-22/h5-18,24H,1-4H3,(H,28,29)/b27-19+. The first-order chi connectivity index (χ1) is 13.9. The van der Waals surface area contributed by atoms with Gasteiger partial charge in [-0.15, -0.1) is 0 Å². The van der Waals surface area contributed by atoms with Crippen molar-refractivity contribution < 1.29 is 4.79 Å². The Hall–Kier alpha value is -3.20. The van der Waals surface area contributed by atoms with E-state index < -0.39 is 5.92 Å². The van der Waals surface area contributed by atoms with Gasteiger partial charge in [0.25, 0.3) is 5.91 Å². The third-order valence-corrected chi connectivity index (χ3v) is 5.03. The highest BCUT2D eigenvalue weighted by Gasteiger charge is 2.22. The van der Waals surface area contributed by atoms with E-state index in [9.17, 15) is 4.79 Å². The fourth-order valence-corrected chi connectivity index (χ4v) is 3.27. The van der Waals surface area contributed by atoms with Crippen LogP contribution in [0.5, 0.6) is 0 Å². The molecule has 0 aliphatic rings. The topological polar surface area (TPSA) is 41.5 Å². The molecule has 0 fully saturated rings. The lowest BCUT2D eigenvalue weighted by Crippen LogP contribution is -2.27. The summed E-state index contributed by atoms with van der Waals surface area (Å²) in [7, 11) is 0. The maximum Gasteiger partial charge on any atom is 0.252 e. The van der Waals surface area contributed by atoms with Crippen molar-refractivity contribution in [2.45, 2.75) is 39.0 Å². The summed E-state index contributed by atoms with van der Waals surface area (Å²) in [6.07, 6.45) is 0. The number of benzene rings is 3. The number of carbonyl (C=O) groups is 1. The SMILES string of the molecule is C/C(=N\NC(=O)C(c1ccccc1)c1ccccc1)c1ccc(C(C)(C)C)cc1. The van der Waals surface area contributed by atoms with Crippen LogP contribution in [0.3, 0.4) is 0 Å². The number of nitrogens with zero attached hydrogens (tertiary/aromatic N) is 1. The van der Waals surface area contributed by atoms with Crippen molar-refractivity contribution in [2.24, 2.45) is 5.10 Å². The molecule has 148 valence electrons. The van der Waals surface area contributed by atoms with Gasteiger partial charge in [-0.25, -0.2) is 5.43 Å². The third kappa shape index (κ3) is 5.20. The van der Waals surface area contributed by atoms with Crippen molar-refractivity contribution >= 4 is 11.6 Å². The highest BCUT2D eigenvalue weighted by Crippen LogP contribution is 2.25. The molecule has 0 heterocycles. The Morgan fingerprint density at radius 1 is 0.793 bits per heavy atom. The number of carbonyl (C=O) groups excluding carboxylic acids is 1. The van der Waals surface area contributed by atoms with E-state index in [1.165, 1.54) is 5.56 Å². The minimum atomic E-state index is -0.405. The van der Waals surface area contributed by atoms with Gasteiger partial charge in [0.1, 0.15) is 0 Å². The molecule has 3 heteroatoms. The molecule has 0 aliphatic carbocycles. The average Bonchev–Trinajstić information content (AvgIpc) is 2.73. The third-order valence-electron chi connectivity index (χ3n) is 5.03. The molecule has 0 unspecified atom stereocenters. The zero-order valence-electron chi connectivity index (χ0n) is 17.5. The lowest BCUT2D eigenvalue weighted by atomic mass is 9.86. The normalized spacial score (nSPS) is 12.1. The van der Waals surface area contributed by atoms with E-state index in [4.69, 9.17) is 0 Å². The molecule has 0 radical (unpaired) electrons. The second-order valence-electron chi connectivity index (χ2n) is 8.25. The van der Waals surface area contributed by atoms with Gasteiger partial charge in [0.05, 0.1) is 11.6 Å². The quantitative estimate of drug-likeness (QED) is 0.448. The molecule has 3 aromatic rings. The van der Waals surface area contributed by atoms with E-state index >= 15 is 0 Å². The first-order valence-corrected chi connectivity index (χ1v) is 9.91. The Morgan fingerprint density at radius 2 is 1.28 bits per heavy atom. The van der Waals surface area contributed by atoms with Crippen molar-refractivity contribution in [3.05, 3.63) is 107 Å². The molecule has 0 atom stereocenters. The summed E-state index contributed by atoms with van der Waals surface area (Å²) in [5.41, 5.74) is 7.81. The van der Waals surface area contributed by atoms with Crippen LogP contribution in [0.15, 0.2) is 90.0 Å². The predicted molar refractivity (Wildman–Crippen MR) is 120 cm³/mol. The molecule has 1 amide bonds. The molecule has 3 rings (SSSR count). The summed E-state index contributed by atoms with van der Waals surface area (Å²) in [6.45, 7) is 8.48. The minimum absolute atomic E-state index is 0.108. The number of hydrazone groups is 1. The van der Waals surface area contributed by atoms with Gasteiger partial charge < -0.3 is 0 Å². The van der Waals surface area contributed by atoms with Crippen LogP contribution >= 0.6 is 0 Å². The molecule has 0 saturated carbocycles. The van der Waals surface area contributed by atoms with Crippen LogP contribution in [-0.4, -0.2) is 11.6 Å². The highest BCUT2D eigenvalue weighted by molar-refractivity contribution is 5.99. The summed E-state index contributed by atoms with van der Waals surface area (Å²) in [5, 5.41) is 4.38. The van der Waals surface area contributed by atoms with Gasteiger partial charge >= 0.3 is 0 Å². The molecule has 0 spiro atoms. The molecule has 0 aromatic heterocycles. The van der Waals surface area contributed by atoms with E-state index in [0.29, 0.717) is 0 Å². The van der Waals surface area contributed by atoms with Crippen LogP contribution in [-0.2, 0) is 10.2 Å². The molecular weight excluding hydrogens is 356 g/mol. The van der Waals surface area contributed by atoms with Gasteiger partial charge in [-0.05, 0) is 34.6 Å². The summed E-state index contributed by atoms with van der Waals surface area (Å²) in [4.78, 5) is 13.0. The average molecular weight is 385 g/mol. The van der Waals surface area contributed by atoms with Gasteiger partial charge in [0.2, 0.25) is 0 Å². The molecule has 0 bridgehead atoms. The Kier molecular flexibility index (Phi) is 6.28. The van der Waals surface area contributed by atoms with Crippen LogP contribution in [0.1, 0.15) is 55.9 Å². The van der Waals surface area contributed by atoms with Crippen molar-refractivity contribution in [3.63, 3.8) is 0 Å². The van der Waals surface area contributed by atoms with Crippen LogP contribution < -0.4 is 5.43 Å². The molecule has 0 saturated heterocycles. The summed E-state index contributed by atoms with van der Waals surface area (Å²) in [5.74, 6) is -0.551. The van der Waals surface area contributed by atoms with Gasteiger partial charge in [0.15, 0.2) is 0 Å². The maximum atomic E-state index is 13.0. The number of amides is 1. The molecule has 0 aliphatic heterocycles. The monoisotopic (exact) mass is 384 g/mol. The highest BCUT2D eigenvalue weighted by atomic mass is 16.2. The van der Waals surface area contributed by atoms with Crippen LogP contribution in [0, 0.1) is 0 Å². The van der Waals surface area contributed by atoms with E-state index in [1.807, 2.05) is 67.6 Å². The van der Waals surface area contributed by atoms with Gasteiger partial charge in [-0.2, -0.15) is 5.10 Å². The van der Waals surface area contributed by atoms with Gasteiger partial charge in [0, 0.05) is 0 Å². The Balaban J connectivity index is 1.81. The summed E-state index contributed by atoms with van der Waals surface area (Å²) in [6, 6.07) is 27.9. The fraction of sp³-hybridized carbons (Fsp3) is 0.231. The van der Waals surface area contributed by atoms with Crippen molar-refractivity contribution in [2.75, 3.05) is 0 Å². The second kappa shape index (κ2) is 8.87. The predicted octanol–water partition coefficient (Wildman–Crippen LogP) is 5.66. The van der Waals surface area contributed by atoms with Crippen LogP contribution in [0.4, 0.5) is 0 Å². The number of nitrogens with one attached hydrogen (secondary N) is 1. The van der Waals surface area contributed by atoms with Gasteiger partial charge in [-0.1, -0.05) is 106 Å². The molecule has 29 heavy (non-hydrogen) atoms. The van der Waals surface area contributed by atoms with Crippen molar-refractivity contribution in [1.29, 1.82) is 0 Å². The maximum absolute atomic E-state index is 13.0. The van der Waals surface area contributed by atoms with E-state index in [1.54, 1.807) is 0 Å². The van der Waals surface area contributed by atoms with Crippen molar-refractivity contribution in [3.8, 4) is 0 Å². The first kappa shape index (κ1) is 20.5. The van der Waals surface area contributed by atoms with Crippen molar-refractivity contribution in [1.82, 2.24) is 5.43 Å². The van der Waals surface area contributed by atoms with E-state index in [0.717, 1.165) is 22.4 Å². The van der Waals surface area contributed by atoms with E-state index in [-0.39, 0.29) is 11.3 Å². The molecule has 3 aromatic carbocycles.